The van der Waals surface area contributed by atoms with Crippen LogP contribution in [0.3, 0.4) is 0 Å². The molecular weight excluding hydrogens is 214 g/mol. The summed E-state index contributed by atoms with van der Waals surface area (Å²) >= 11 is 7.51. The van der Waals surface area contributed by atoms with Crippen LogP contribution in [0.1, 0.15) is 9.88 Å². The molecule has 71 valence electrons. The third-order valence-corrected chi connectivity index (χ3v) is 2.96. The van der Waals surface area contributed by atoms with Gasteiger partial charge < -0.3 is 0 Å². The quantitative estimate of drug-likeness (QED) is 0.712. The third kappa shape index (κ3) is 1.81. The van der Waals surface area contributed by atoms with Crippen LogP contribution in [-0.2, 0) is 0 Å². The molecule has 3 heteroatoms. The van der Waals surface area contributed by atoms with Crippen molar-refractivity contribution in [2.45, 2.75) is 6.92 Å². The monoisotopic (exact) mass is 222 g/mol. The van der Waals surface area contributed by atoms with E-state index in [0.717, 1.165) is 26.2 Å². The van der Waals surface area contributed by atoms with Crippen molar-refractivity contribution in [3.63, 3.8) is 0 Å². The summed E-state index contributed by atoms with van der Waals surface area (Å²) < 4.78 is 0. The van der Waals surface area contributed by atoms with Gasteiger partial charge in [0.1, 0.15) is 0 Å². The largest absolute Gasteiger partial charge is 0.241 e. The zero-order valence-electron chi connectivity index (χ0n) is 7.75. The van der Waals surface area contributed by atoms with Gasteiger partial charge in [-0.05, 0) is 26.0 Å². The van der Waals surface area contributed by atoms with E-state index in [0.29, 0.717) is 0 Å². The molecule has 0 N–H and O–H groups in total. The number of thiazole rings is 1. The lowest BCUT2D eigenvalue weighted by molar-refractivity contribution is 1.29. The second kappa shape index (κ2) is 3.71. The Hall–Kier alpha value is -0.860. The van der Waals surface area contributed by atoms with Gasteiger partial charge in [-0.1, -0.05) is 23.7 Å². The maximum Gasteiger partial charge on any atom is 0.0904 e. The summed E-state index contributed by atoms with van der Waals surface area (Å²) in [7, 11) is 0. The average molecular weight is 223 g/mol. The lowest BCUT2D eigenvalue weighted by Gasteiger charge is -1.98. The van der Waals surface area contributed by atoms with E-state index < -0.39 is 0 Å². The van der Waals surface area contributed by atoms with Crippen LogP contribution in [0, 0.1) is 13.8 Å². The fraction of sp³-hybridized carbons (Fsp3) is 0.0909. The van der Waals surface area contributed by atoms with Crippen molar-refractivity contribution in [2.75, 3.05) is 0 Å². The van der Waals surface area contributed by atoms with E-state index in [2.05, 4.69) is 11.9 Å². The van der Waals surface area contributed by atoms with E-state index in [1.807, 2.05) is 31.2 Å². The molecule has 0 saturated heterocycles. The van der Waals surface area contributed by atoms with Crippen LogP contribution in [0.25, 0.3) is 11.3 Å². The standard InChI is InChI=1S/C11H9ClNS/c1-7-11(13-8(2)14-7)9-4-3-5-10(12)6-9/h3-6H,1H2,2H3. The summed E-state index contributed by atoms with van der Waals surface area (Å²) in [5.74, 6) is 0. The molecule has 1 aromatic heterocycles. The first-order chi connectivity index (χ1) is 6.66. The first-order valence-corrected chi connectivity index (χ1v) is 5.41. The average Bonchev–Trinajstić information content (AvgIpc) is 2.45. The Kier molecular flexibility index (Phi) is 2.57. The molecule has 2 rings (SSSR count). The minimum Gasteiger partial charge on any atom is -0.241 e. The van der Waals surface area contributed by atoms with E-state index in [-0.39, 0.29) is 0 Å². The molecule has 0 amide bonds. The molecular formula is C11H9ClNS. The predicted molar refractivity (Wildman–Crippen MR) is 61.8 cm³/mol. The van der Waals surface area contributed by atoms with Crippen LogP contribution in [0.4, 0.5) is 0 Å². The van der Waals surface area contributed by atoms with Crippen LogP contribution in [0.15, 0.2) is 24.3 Å². The number of benzene rings is 1. The normalized spacial score (nSPS) is 10.5. The minimum atomic E-state index is 0.729. The second-order valence-electron chi connectivity index (χ2n) is 3.02. The van der Waals surface area contributed by atoms with Gasteiger partial charge in [-0.2, -0.15) is 0 Å². The molecule has 0 aliphatic rings. The Balaban J connectivity index is 2.54. The molecule has 0 unspecified atom stereocenters. The van der Waals surface area contributed by atoms with E-state index in [1.165, 1.54) is 0 Å². The fourth-order valence-corrected chi connectivity index (χ4v) is 2.27. The molecule has 1 radical (unpaired) electrons. The van der Waals surface area contributed by atoms with Crippen LogP contribution in [0.5, 0.6) is 0 Å². The minimum absolute atomic E-state index is 0.729. The molecule has 1 aromatic carbocycles. The second-order valence-corrected chi connectivity index (χ2v) is 4.74. The maximum atomic E-state index is 5.91. The molecule has 0 bridgehead atoms. The van der Waals surface area contributed by atoms with Gasteiger partial charge in [-0.25, -0.2) is 4.98 Å². The Morgan fingerprint density at radius 3 is 2.79 bits per heavy atom. The fourth-order valence-electron chi connectivity index (χ4n) is 1.33. The summed E-state index contributed by atoms with van der Waals surface area (Å²) in [5, 5.41) is 1.76. The van der Waals surface area contributed by atoms with Crippen molar-refractivity contribution >= 4 is 22.9 Å². The van der Waals surface area contributed by atoms with Gasteiger partial charge in [0.15, 0.2) is 0 Å². The predicted octanol–water partition coefficient (Wildman–Crippen LogP) is 3.95. The Labute approximate surface area is 92.4 Å². The number of aromatic nitrogens is 1. The molecule has 14 heavy (non-hydrogen) atoms. The molecule has 1 nitrogen and oxygen atoms in total. The summed E-state index contributed by atoms with van der Waals surface area (Å²) in [6.45, 7) is 5.94. The zero-order chi connectivity index (χ0) is 10.1. The molecule has 0 atom stereocenters. The first-order valence-electron chi connectivity index (χ1n) is 4.22. The van der Waals surface area contributed by atoms with Crippen molar-refractivity contribution in [3.8, 4) is 11.3 Å². The number of halogens is 1. The van der Waals surface area contributed by atoms with Crippen LogP contribution in [-0.4, -0.2) is 4.98 Å². The SMILES string of the molecule is [CH2]c1sc(C)nc1-c1cccc(Cl)c1. The van der Waals surface area contributed by atoms with Gasteiger partial charge in [0.25, 0.3) is 0 Å². The number of hydrogen-bond acceptors (Lipinski definition) is 2. The number of nitrogens with zero attached hydrogens (tertiary/aromatic N) is 1. The third-order valence-electron chi connectivity index (χ3n) is 1.90. The highest BCUT2D eigenvalue weighted by molar-refractivity contribution is 7.12. The zero-order valence-corrected chi connectivity index (χ0v) is 9.32. The molecule has 0 spiro atoms. The van der Waals surface area contributed by atoms with E-state index in [4.69, 9.17) is 11.6 Å². The van der Waals surface area contributed by atoms with Gasteiger partial charge in [0.05, 0.1) is 10.7 Å². The van der Waals surface area contributed by atoms with Gasteiger partial charge in [0, 0.05) is 15.5 Å². The molecule has 0 aliphatic heterocycles. The van der Waals surface area contributed by atoms with Gasteiger partial charge in [0.2, 0.25) is 0 Å². The molecule has 0 saturated carbocycles. The van der Waals surface area contributed by atoms with E-state index in [1.54, 1.807) is 11.3 Å². The summed E-state index contributed by atoms with van der Waals surface area (Å²) in [4.78, 5) is 5.41. The van der Waals surface area contributed by atoms with Crippen molar-refractivity contribution in [3.05, 3.63) is 46.1 Å². The smallest absolute Gasteiger partial charge is 0.0904 e. The first kappa shape index (κ1) is 9.69. The lowest BCUT2D eigenvalue weighted by Crippen LogP contribution is -1.80. The highest BCUT2D eigenvalue weighted by Crippen LogP contribution is 2.28. The van der Waals surface area contributed by atoms with Crippen molar-refractivity contribution < 1.29 is 0 Å². The van der Waals surface area contributed by atoms with Crippen LogP contribution in [0.2, 0.25) is 5.02 Å². The Bertz CT molecular complexity index is 462. The molecule has 0 aliphatic carbocycles. The van der Waals surface area contributed by atoms with Crippen LogP contribution < -0.4 is 0 Å². The number of aryl methyl sites for hydroxylation is 1. The summed E-state index contributed by atoms with van der Waals surface area (Å²) in [6.07, 6.45) is 0. The highest BCUT2D eigenvalue weighted by Gasteiger charge is 2.07. The molecule has 2 aromatic rings. The Morgan fingerprint density at radius 1 is 1.43 bits per heavy atom. The van der Waals surface area contributed by atoms with Crippen LogP contribution >= 0.6 is 22.9 Å². The van der Waals surface area contributed by atoms with Gasteiger partial charge in [-0.15, -0.1) is 11.3 Å². The van der Waals surface area contributed by atoms with E-state index >= 15 is 0 Å². The molecule has 0 fully saturated rings. The maximum absolute atomic E-state index is 5.91. The lowest BCUT2D eigenvalue weighted by atomic mass is 10.1. The summed E-state index contributed by atoms with van der Waals surface area (Å²) in [6, 6.07) is 7.68. The van der Waals surface area contributed by atoms with Crippen molar-refractivity contribution in [1.82, 2.24) is 4.98 Å². The highest BCUT2D eigenvalue weighted by atomic mass is 35.5. The van der Waals surface area contributed by atoms with Gasteiger partial charge in [-0.3, -0.25) is 0 Å². The number of hydrogen-bond donors (Lipinski definition) is 0. The Morgan fingerprint density at radius 2 is 2.21 bits per heavy atom. The van der Waals surface area contributed by atoms with Crippen molar-refractivity contribution in [2.24, 2.45) is 0 Å². The number of rotatable bonds is 1. The topological polar surface area (TPSA) is 12.9 Å². The van der Waals surface area contributed by atoms with E-state index in [9.17, 15) is 0 Å². The molecule has 1 heterocycles. The van der Waals surface area contributed by atoms with Gasteiger partial charge >= 0.3 is 0 Å². The summed E-state index contributed by atoms with van der Waals surface area (Å²) in [5.41, 5.74) is 1.97. The van der Waals surface area contributed by atoms with Crippen molar-refractivity contribution in [1.29, 1.82) is 0 Å².